The number of methoxy groups -OCH3 is 2. The van der Waals surface area contributed by atoms with Gasteiger partial charge in [-0.2, -0.15) is 0 Å². The largest absolute Gasteiger partial charge is 0.383 e. The van der Waals surface area contributed by atoms with Crippen molar-refractivity contribution in [2.75, 3.05) is 52.0 Å². The van der Waals surface area contributed by atoms with Crippen molar-refractivity contribution >= 4 is 5.82 Å². The molecule has 21 heavy (non-hydrogen) atoms. The first-order valence-corrected chi connectivity index (χ1v) is 7.56. The molecule has 0 atom stereocenters. The van der Waals surface area contributed by atoms with Crippen LogP contribution in [0.5, 0.6) is 0 Å². The summed E-state index contributed by atoms with van der Waals surface area (Å²) in [5.74, 6) is 1.63. The van der Waals surface area contributed by atoms with Crippen molar-refractivity contribution in [3.8, 4) is 0 Å². The van der Waals surface area contributed by atoms with E-state index in [0.717, 1.165) is 38.6 Å². The average molecular weight is 295 g/mol. The molecule has 120 valence electrons. The standard InChI is InChI=1S/C16H29N3O2/c1-14(2)13-19(9-11-21-4)16-15(6-5-7-18-16)12-17-8-10-20-3/h5-7,14,17H,8-13H2,1-4H3. The average Bonchev–Trinajstić information content (AvgIpc) is 2.48. The molecule has 0 aliphatic heterocycles. The summed E-state index contributed by atoms with van der Waals surface area (Å²) in [7, 11) is 3.45. The zero-order chi connectivity index (χ0) is 15.5. The van der Waals surface area contributed by atoms with Gasteiger partial charge in [0.05, 0.1) is 13.2 Å². The van der Waals surface area contributed by atoms with Crippen molar-refractivity contribution in [3.05, 3.63) is 23.9 Å². The van der Waals surface area contributed by atoms with Gasteiger partial charge in [-0.15, -0.1) is 0 Å². The molecule has 1 rings (SSSR count). The van der Waals surface area contributed by atoms with E-state index in [-0.39, 0.29) is 0 Å². The number of hydrogen-bond donors (Lipinski definition) is 1. The molecule has 0 bridgehead atoms. The number of ether oxygens (including phenoxy) is 2. The van der Waals surface area contributed by atoms with E-state index in [9.17, 15) is 0 Å². The molecule has 0 saturated heterocycles. The van der Waals surface area contributed by atoms with E-state index < -0.39 is 0 Å². The zero-order valence-corrected chi connectivity index (χ0v) is 13.8. The van der Waals surface area contributed by atoms with Gasteiger partial charge in [-0.25, -0.2) is 4.98 Å². The predicted molar refractivity (Wildman–Crippen MR) is 86.7 cm³/mol. The van der Waals surface area contributed by atoms with Gasteiger partial charge in [0, 0.05) is 52.2 Å². The molecule has 0 amide bonds. The van der Waals surface area contributed by atoms with E-state index in [2.05, 4.69) is 35.1 Å². The molecular formula is C16H29N3O2. The summed E-state index contributed by atoms with van der Waals surface area (Å²) in [5.41, 5.74) is 1.21. The van der Waals surface area contributed by atoms with E-state index in [0.29, 0.717) is 12.5 Å². The number of nitrogens with zero attached hydrogens (tertiary/aromatic N) is 2. The minimum atomic E-state index is 0.582. The van der Waals surface area contributed by atoms with Gasteiger partial charge in [-0.1, -0.05) is 19.9 Å². The summed E-state index contributed by atoms with van der Waals surface area (Å²) >= 11 is 0. The predicted octanol–water partition coefficient (Wildman–Crippen LogP) is 1.93. The number of hydrogen-bond acceptors (Lipinski definition) is 5. The molecule has 5 heteroatoms. The molecular weight excluding hydrogens is 266 g/mol. The number of anilines is 1. The fourth-order valence-corrected chi connectivity index (χ4v) is 2.18. The first-order chi connectivity index (χ1) is 10.2. The van der Waals surface area contributed by atoms with Crippen molar-refractivity contribution in [2.24, 2.45) is 5.92 Å². The Balaban J connectivity index is 2.75. The minimum Gasteiger partial charge on any atom is -0.383 e. The molecule has 5 nitrogen and oxygen atoms in total. The Bertz CT molecular complexity index is 386. The van der Waals surface area contributed by atoms with E-state index in [1.54, 1.807) is 14.2 Å². The molecule has 0 fully saturated rings. The van der Waals surface area contributed by atoms with Crippen molar-refractivity contribution in [1.82, 2.24) is 10.3 Å². The normalized spacial score (nSPS) is 11.1. The van der Waals surface area contributed by atoms with Crippen molar-refractivity contribution in [1.29, 1.82) is 0 Å². The first-order valence-electron chi connectivity index (χ1n) is 7.56. The van der Waals surface area contributed by atoms with Crippen LogP contribution in [0.1, 0.15) is 19.4 Å². The molecule has 0 saturated carbocycles. The highest BCUT2D eigenvalue weighted by atomic mass is 16.5. The van der Waals surface area contributed by atoms with Gasteiger partial charge in [-0.3, -0.25) is 0 Å². The minimum absolute atomic E-state index is 0.582. The third-order valence-corrected chi connectivity index (χ3v) is 3.12. The smallest absolute Gasteiger partial charge is 0.133 e. The Morgan fingerprint density at radius 1 is 1.24 bits per heavy atom. The van der Waals surface area contributed by atoms with Crippen molar-refractivity contribution in [2.45, 2.75) is 20.4 Å². The highest BCUT2D eigenvalue weighted by Gasteiger charge is 2.13. The fraction of sp³-hybridized carbons (Fsp3) is 0.688. The van der Waals surface area contributed by atoms with Crippen LogP contribution in [0.15, 0.2) is 18.3 Å². The van der Waals surface area contributed by atoms with Gasteiger partial charge in [0.1, 0.15) is 5.82 Å². The van der Waals surface area contributed by atoms with Gasteiger partial charge in [-0.05, 0) is 12.0 Å². The first kappa shape index (κ1) is 17.9. The number of rotatable bonds is 11. The van der Waals surface area contributed by atoms with Crippen LogP contribution >= 0.6 is 0 Å². The van der Waals surface area contributed by atoms with Crippen LogP contribution in [-0.2, 0) is 16.0 Å². The van der Waals surface area contributed by atoms with Crippen LogP contribution in [0, 0.1) is 5.92 Å². The molecule has 0 spiro atoms. The maximum Gasteiger partial charge on any atom is 0.133 e. The second-order valence-corrected chi connectivity index (χ2v) is 5.49. The Hall–Kier alpha value is -1.17. The van der Waals surface area contributed by atoms with Crippen LogP contribution in [-0.4, -0.2) is 52.1 Å². The molecule has 1 heterocycles. The maximum absolute atomic E-state index is 5.23. The lowest BCUT2D eigenvalue weighted by molar-refractivity contribution is 0.199. The van der Waals surface area contributed by atoms with Gasteiger partial charge < -0.3 is 19.7 Å². The quantitative estimate of drug-likeness (QED) is 0.632. The van der Waals surface area contributed by atoms with Gasteiger partial charge in [0.25, 0.3) is 0 Å². The van der Waals surface area contributed by atoms with Gasteiger partial charge in [0.2, 0.25) is 0 Å². The van der Waals surface area contributed by atoms with E-state index in [1.807, 2.05) is 12.3 Å². The molecule has 1 N–H and O–H groups in total. The number of pyridine rings is 1. The van der Waals surface area contributed by atoms with E-state index >= 15 is 0 Å². The van der Waals surface area contributed by atoms with Crippen LogP contribution < -0.4 is 10.2 Å². The van der Waals surface area contributed by atoms with Crippen LogP contribution in [0.2, 0.25) is 0 Å². The highest BCUT2D eigenvalue weighted by molar-refractivity contribution is 5.46. The third kappa shape index (κ3) is 6.89. The lowest BCUT2D eigenvalue weighted by atomic mass is 10.1. The Kier molecular flexibility index (Phi) is 8.98. The van der Waals surface area contributed by atoms with Crippen LogP contribution in [0.25, 0.3) is 0 Å². The Labute approximate surface area is 128 Å². The molecule has 1 aromatic heterocycles. The second kappa shape index (κ2) is 10.5. The Morgan fingerprint density at radius 2 is 2.00 bits per heavy atom. The van der Waals surface area contributed by atoms with Crippen molar-refractivity contribution in [3.63, 3.8) is 0 Å². The molecule has 0 radical (unpaired) electrons. The topological polar surface area (TPSA) is 46.6 Å². The van der Waals surface area contributed by atoms with E-state index in [4.69, 9.17) is 9.47 Å². The molecule has 0 aromatic carbocycles. The number of nitrogens with one attached hydrogen (secondary N) is 1. The summed E-state index contributed by atoms with van der Waals surface area (Å²) in [6.07, 6.45) is 1.86. The van der Waals surface area contributed by atoms with Crippen LogP contribution in [0.4, 0.5) is 5.82 Å². The highest BCUT2D eigenvalue weighted by Crippen LogP contribution is 2.18. The monoisotopic (exact) mass is 295 g/mol. The van der Waals surface area contributed by atoms with Crippen molar-refractivity contribution < 1.29 is 9.47 Å². The second-order valence-electron chi connectivity index (χ2n) is 5.49. The molecule has 0 aliphatic carbocycles. The third-order valence-electron chi connectivity index (χ3n) is 3.12. The van der Waals surface area contributed by atoms with Gasteiger partial charge in [0.15, 0.2) is 0 Å². The fourth-order valence-electron chi connectivity index (χ4n) is 2.18. The van der Waals surface area contributed by atoms with E-state index in [1.165, 1.54) is 5.56 Å². The van der Waals surface area contributed by atoms with Gasteiger partial charge >= 0.3 is 0 Å². The summed E-state index contributed by atoms with van der Waals surface area (Å²) in [5, 5.41) is 3.38. The van der Waals surface area contributed by atoms with Crippen LogP contribution in [0.3, 0.4) is 0 Å². The molecule has 0 aliphatic rings. The number of aromatic nitrogens is 1. The SMILES string of the molecule is COCCNCc1cccnc1N(CCOC)CC(C)C. The maximum atomic E-state index is 5.23. The lowest BCUT2D eigenvalue weighted by Crippen LogP contribution is -2.33. The molecule has 1 aromatic rings. The zero-order valence-electron chi connectivity index (χ0n) is 13.8. The summed E-state index contributed by atoms with van der Waals surface area (Å²) in [4.78, 5) is 6.89. The lowest BCUT2D eigenvalue weighted by Gasteiger charge is -2.27. The molecule has 0 unspecified atom stereocenters. The summed E-state index contributed by atoms with van der Waals surface area (Å²) < 4.78 is 10.3. The summed E-state index contributed by atoms with van der Waals surface area (Å²) in [6, 6.07) is 4.11. The Morgan fingerprint density at radius 3 is 2.67 bits per heavy atom. The summed E-state index contributed by atoms with van der Waals surface area (Å²) in [6.45, 7) is 9.34.